The van der Waals surface area contributed by atoms with Crippen LogP contribution < -0.4 is 14.8 Å². The molecule has 0 bridgehead atoms. The molecule has 7 nitrogen and oxygen atoms in total. The van der Waals surface area contributed by atoms with E-state index in [1.807, 2.05) is 49.0 Å². The lowest BCUT2D eigenvalue weighted by molar-refractivity contribution is 0.174. The van der Waals surface area contributed by atoms with E-state index in [1.54, 1.807) is 11.3 Å². The Kier molecular flexibility index (Phi) is 5.77. The third-order valence-corrected chi connectivity index (χ3v) is 6.45. The predicted molar refractivity (Wildman–Crippen MR) is 125 cm³/mol. The van der Waals surface area contributed by atoms with Crippen LogP contribution in [0.25, 0.3) is 10.6 Å². The third kappa shape index (κ3) is 4.60. The van der Waals surface area contributed by atoms with Crippen molar-refractivity contribution in [3.63, 3.8) is 0 Å². The summed E-state index contributed by atoms with van der Waals surface area (Å²) in [6.07, 6.45) is 3.99. The van der Waals surface area contributed by atoms with Gasteiger partial charge in [-0.3, -0.25) is 9.67 Å². The summed E-state index contributed by atoms with van der Waals surface area (Å²) in [7, 11) is 0. The molecular weight excluding hydrogens is 422 g/mol. The summed E-state index contributed by atoms with van der Waals surface area (Å²) in [5.74, 6) is 1.59. The smallest absolute Gasteiger partial charge is 0.231 e. The average molecular weight is 448 g/mol. The van der Waals surface area contributed by atoms with Gasteiger partial charge in [0.2, 0.25) is 6.79 Å². The van der Waals surface area contributed by atoms with Crippen molar-refractivity contribution in [2.24, 2.45) is 0 Å². The minimum absolute atomic E-state index is 0.288. The van der Waals surface area contributed by atoms with Gasteiger partial charge in [-0.1, -0.05) is 23.5 Å². The minimum Gasteiger partial charge on any atom is -0.454 e. The van der Waals surface area contributed by atoms with Crippen LogP contribution in [0.1, 0.15) is 29.1 Å². The number of hydrogen-bond acceptors (Lipinski definition) is 7. The zero-order chi connectivity index (χ0) is 21.9. The SMILES string of the molecule is Cc1cccc(CCCn2ccc(-c3sc(NCc4ccc5c(c4)OCO5)nc3C)n2)n1. The molecule has 4 aromatic rings. The van der Waals surface area contributed by atoms with Gasteiger partial charge in [-0.05, 0) is 62.6 Å². The maximum Gasteiger partial charge on any atom is 0.231 e. The van der Waals surface area contributed by atoms with Gasteiger partial charge in [0, 0.05) is 30.7 Å². The van der Waals surface area contributed by atoms with E-state index in [4.69, 9.17) is 14.6 Å². The molecule has 32 heavy (non-hydrogen) atoms. The first-order valence-electron chi connectivity index (χ1n) is 10.7. The van der Waals surface area contributed by atoms with Crippen LogP contribution in [-0.2, 0) is 19.5 Å². The summed E-state index contributed by atoms with van der Waals surface area (Å²) in [5.41, 5.74) is 5.26. The van der Waals surface area contributed by atoms with Gasteiger partial charge in [0.05, 0.1) is 10.6 Å². The maximum atomic E-state index is 5.46. The van der Waals surface area contributed by atoms with Gasteiger partial charge in [0.25, 0.3) is 0 Å². The van der Waals surface area contributed by atoms with Crippen LogP contribution in [0.3, 0.4) is 0 Å². The number of thiazole rings is 1. The first kappa shape index (κ1) is 20.5. The van der Waals surface area contributed by atoms with Gasteiger partial charge < -0.3 is 14.8 Å². The number of aryl methyl sites for hydroxylation is 4. The summed E-state index contributed by atoms with van der Waals surface area (Å²) in [4.78, 5) is 10.4. The second kappa shape index (κ2) is 9.00. The van der Waals surface area contributed by atoms with Gasteiger partial charge in [0.1, 0.15) is 5.69 Å². The normalized spacial score (nSPS) is 12.3. The summed E-state index contributed by atoms with van der Waals surface area (Å²) in [6, 6.07) is 14.2. The Balaban J connectivity index is 1.19. The lowest BCUT2D eigenvalue weighted by Crippen LogP contribution is -2.01. The molecule has 4 heterocycles. The van der Waals surface area contributed by atoms with Crippen molar-refractivity contribution in [3.8, 4) is 22.1 Å². The molecule has 0 spiro atoms. The summed E-state index contributed by atoms with van der Waals surface area (Å²) in [5, 5.41) is 9.07. The standard InChI is InChI=1S/C24H25N5O2S/c1-16-5-3-6-19(26-16)7-4-11-29-12-10-20(28-29)23-17(2)27-24(32-23)25-14-18-8-9-21-22(13-18)31-15-30-21/h3,5-6,8-10,12-13H,4,7,11,14-15H2,1-2H3,(H,25,27). The van der Waals surface area contributed by atoms with E-state index in [9.17, 15) is 0 Å². The molecule has 0 atom stereocenters. The number of fused-ring (bicyclic) bond motifs is 1. The van der Waals surface area contributed by atoms with E-state index < -0.39 is 0 Å². The van der Waals surface area contributed by atoms with Crippen LogP contribution in [0.15, 0.2) is 48.7 Å². The van der Waals surface area contributed by atoms with E-state index >= 15 is 0 Å². The summed E-state index contributed by atoms with van der Waals surface area (Å²) < 4.78 is 12.8. The zero-order valence-electron chi connectivity index (χ0n) is 18.2. The quantitative estimate of drug-likeness (QED) is 0.410. The highest BCUT2D eigenvalue weighted by Gasteiger charge is 2.15. The minimum atomic E-state index is 0.288. The Bertz CT molecular complexity index is 1230. The Morgan fingerprint density at radius 3 is 2.88 bits per heavy atom. The molecule has 0 fully saturated rings. The molecule has 0 saturated carbocycles. The topological polar surface area (TPSA) is 74.1 Å². The monoisotopic (exact) mass is 447 g/mol. The number of nitrogens with one attached hydrogen (secondary N) is 1. The van der Waals surface area contributed by atoms with Gasteiger partial charge in [-0.25, -0.2) is 4.98 Å². The molecule has 1 aromatic carbocycles. The first-order chi connectivity index (χ1) is 15.6. The molecule has 8 heteroatoms. The van der Waals surface area contributed by atoms with Crippen molar-refractivity contribution in [3.05, 3.63) is 71.3 Å². The molecule has 1 aliphatic heterocycles. The second-order valence-corrected chi connectivity index (χ2v) is 8.81. The molecule has 0 amide bonds. The van der Waals surface area contributed by atoms with E-state index in [0.717, 1.165) is 69.2 Å². The van der Waals surface area contributed by atoms with E-state index in [2.05, 4.69) is 33.5 Å². The van der Waals surface area contributed by atoms with Crippen LogP contribution >= 0.6 is 11.3 Å². The average Bonchev–Trinajstić information content (AvgIpc) is 3.51. The number of pyridine rings is 1. The highest BCUT2D eigenvalue weighted by atomic mass is 32.1. The lowest BCUT2D eigenvalue weighted by atomic mass is 10.2. The van der Waals surface area contributed by atoms with Crippen molar-refractivity contribution in [1.29, 1.82) is 0 Å². The van der Waals surface area contributed by atoms with Gasteiger partial charge in [-0.2, -0.15) is 5.10 Å². The molecule has 3 aromatic heterocycles. The molecule has 164 valence electrons. The lowest BCUT2D eigenvalue weighted by Gasteiger charge is -2.04. The number of nitrogens with zero attached hydrogens (tertiary/aromatic N) is 4. The molecule has 1 N–H and O–H groups in total. The largest absolute Gasteiger partial charge is 0.454 e. The van der Waals surface area contributed by atoms with Crippen molar-refractivity contribution >= 4 is 16.5 Å². The molecule has 0 aliphatic carbocycles. The van der Waals surface area contributed by atoms with Crippen LogP contribution in [0.5, 0.6) is 11.5 Å². The molecular formula is C24H25N5O2S. The molecule has 0 unspecified atom stereocenters. The third-order valence-electron chi connectivity index (χ3n) is 5.32. The predicted octanol–water partition coefficient (Wildman–Crippen LogP) is 4.99. The Morgan fingerprint density at radius 1 is 1.06 bits per heavy atom. The highest BCUT2D eigenvalue weighted by molar-refractivity contribution is 7.19. The highest BCUT2D eigenvalue weighted by Crippen LogP contribution is 2.34. The fraction of sp³-hybridized carbons (Fsp3) is 0.292. The number of anilines is 1. The van der Waals surface area contributed by atoms with Crippen molar-refractivity contribution in [2.75, 3.05) is 12.1 Å². The fourth-order valence-electron chi connectivity index (χ4n) is 3.71. The molecule has 0 radical (unpaired) electrons. The second-order valence-electron chi connectivity index (χ2n) is 7.81. The Hall–Kier alpha value is -3.39. The molecule has 5 rings (SSSR count). The van der Waals surface area contributed by atoms with E-state index in [1.165, 1.54) is 0 Å². The summed E-state index contributed by atoms with van der Waals surface area (Å²) in [6.45, 7) is 5.88. The van der Waals surface area contributed by atoms with E-state index in [-0.39, 0.29) is 6.79 Å². The van der Waals surface area contributed by atoms with Crippen molar-refractivity contribution in [1.82, 2.24) is 19.7 Å². The van der Waals surface area contributed by atoms with Gasteiger partial charge in [-0.15, -0.1) is 0 Å². The Morgan fingerprint density at radius 2 is 1.97 bits per heavy atom. The maximum absolute atomic E-state index is 5.46. The van der Waals surface area contributed by atoms with Gasteiger partial charge >= 0.3 is 0 Å². The molecule has 1 aliphatic rings. The van der Waals surface area contributed by atoms with Gasteiger partial charge in [0.15, 0.2) is 16.6 Å². The van der Waals surface area contributed by atoms with Crippen LogP contribution in [-0.4, -0.2) is 26.5 Å². The number of hydrogen-bond donors (Lipinski definition) is 1. The van der Waals surface area contributed by atoms with Crippen LogP contribution in [0.2, 0.25) is 0 Å². The summed E-state index contributed by atoms with van der Waals surface area (Å²) >= 11 is 1.63. The van der Waals surface area contributed by atoms with E-state index in [0.29, 0.717) is 6.54 Å². The fourth-order valence-corrected chi connectivity index (χ4v) is 4.63. The number of rotatable bonds is 8. The van der Waals surface area contributed by atoms with Crippen LogP contribution in [0, 0.1) is 13.8 Å². The number of ether oxygens (including phenoxy) is 2. The number of benzene rings is 1. The van der Waals surface area contributed by atoms with Crippen LogP contribution in [0.4, 0.5) is 5.13 Å². The number of aromatic nitrogens is 4. The first-order valence-corrected chi connectivity index (χ1v) is 11.5. The van der Waals surface area contributed by atoms with Crippen molar-refractivity contribution in [2.45, 2.75) is 39.8 Å². The zero-order valence-corrected chi connectivity index (χ0v) is 19.0. The molecule has 0 saturated heterocycles. The Labute approximate surface area is 191 Å². The van der Waals surface area contributed by atoms with Crippen molar-refractivity contribution < 1.29 is 9.47 Å².